The largest absolute Gasteiger partial charge is 0.500 e. The van der Waals surface area contributed by atoms with E-state index in [0.717, 1.165) is 0 Å². The Labute approximate surface area is 80.3 Å². The Kier molecular flexibility index (Phi) is 2.76. The molecule has 6 nitrogen and oxygen atoms in total. The van der Waals surface area contributed by atoms with Crippen LogP contribution < -0.4 is 10.1 Å². The van der Waals surface area contributed by atoms with E-state index in [4.69, 9.17) is 4.74 Å². The molecule has 76 valence electrons. The summed E-state index contributed by atoms with van der Waals surface area (Å²) in [6.07, 6.45) is 0. The Morgan fingerprint density at radius 1 is 1.57 bits per heavy atom. The van der Waals surface area contributed by atoms with Gasteiger partial charge in [-0.25, -0.2) is 0 Å². The molecule has 0 bridgehead atoms. The smallest absolute Gasteiger partial charge is 0.316 e. The zero-order chi connectivity index (χ0) is 10.7. The van der Waals surface area contributed by atoms with Gasteiger partial charge in [-0.2, -0.15) is 0 Å². The first kappa shape index (κ1) is 10.1. The number of phenols is 1. The summed E-state index contributed by atoms with van der Waals surface area (Å²) in [5.74, 6) is -0.389. The Hall–Kier alpha value is -1.98. The average Bonchev–Trinajstić information content (AvgIpc) is 2.17. The predicted octanol–water partition coefficient (Wildman–Crippen LogP) is 1.35. The summed E-state index contributed by atoms with van der Waals surface area (Å²) >= 11 is 0. The predicted molar refractivity (Wildman–Crippen MR) is 50.9 cm³/mol. The van der Waals surface area contributed by atoms with Crippen LogP contribution in [0.4, 0.5) is 11.4 Å². The monoisotopic (exact) mass is 198 g/mol. The number of hydrogen-bond donors (Lipinski definition) is 2. The fraction of sp³-hybridized carbons (Fsp3) is 0.250. The number of benzene rings is 1. The van der Waals surface area contributed by atoms with Crippen molar-refractivity contribution in [2.24, 2.45) is 0 Å². The number of rotatable bonds is 3. The van der Waals surface area contributed by atoms with Gasteiger partial charge in [0.05, 0.1) is 12.0 Å². The number of hydrogen-bond acceptors (Lipinski definition) is 5. The molecule has 1 aromatic rings. The number of phenolic OH excluding ortho intramolecular Hbond substituents is 1. The molecule has 0 atom stereocenters. The summed E-state index contributed by atoms with van der Waals surface area (Å²) in [6.45, 7) is 0. The maximum atomic E-state index is 10.5. The molecule has 6 heteroatoms. The molecule has 0 spiro atoms. The normalized spacial score (nSPS) is 9.57. The fourth-order valence-electron chi connectivity index (χ4n) is 1.03. The maximum absolute atomic E-state index is 10.5. The van der Waals surface area contributed by atoms with Crippen LogP contribution in [0, 0.1) is 10.1 Å². The van der Waals surface area contributed by atoms with Crippen LogP contribution in [0.1, 0.15) is 0 Å². The SMILES string of the molecule is CNc1cc(OC)c(O)c([N+](=O)[O-])c1. The third kappa shape index (κ3) is 1.68. The number of nitrogens with zero attached hydrogens (tertiary/aromatic N) is 1. The van der Waals surface area contributed by atoms with Crippen molar-refractivity contribution in [1.29, 1.82) is 0 Å². The zero-order valence-electron chi connectivity index (χ0n) is 7.77. The topological polar surface area (TPSA) is 84.6 Å². The van der Waals surface area contributed by atoms with Gasteiger partial charge >= 0.3 is 5.69 Å². The summed E-state index contributed by atoms with van der Waals surface area (Å²) in [5.41, 5.74) is 0.125. The second-order valence-corrected chi connectivity index (χ2v) is 2.55. The van der Waals surface area contributed by atoms with Crippen LogP contribution in [-0.4, -0.2) is 24.2 Å². The van der Waals surface area contributed by atoms with Crippen LogP contribution in [0.2, 0.25) is 0 Å². The highest BCUT2D eigenvalue weighted by Crippen LogP contribution is 2.38. The third-order valence-corrected chi connectivity index (χ3v) is 1.76. The van der Waals surface area contributed by atoms with E-state index in [1.54, 1.807) is 7.05 Å². The van der Waals surface area contributed by atoms with E-state index in [1.165, 1.54) is 19.2 Å². The minimum Gasteiger partial charge on any atom is -0.500 e. The van der Waals surface area contributed by atoms with Crippen LogP contribution in [0.25, 0.3) is 0 Å². The van der Waals surface area contributed by atoms with E-state index < -0.39 is 10.7 Å². The van der Waals surface area contributed by atoms with Gasteiger partial charge in [0.15, 0.2) is 5.75 Å². The second-order valence-electron chi connectivity index (χ2n) is 2.55. The average molecular weight is 198 g/mol. The van der Waals surface area contributed by atoms with E-state index in [1.807, 2.05) is 0 Å². The van der Waals surface area contributed by atoms with Crippen molar-refractivity contribution < 1.29 is 14.8 Å². The van der Waals surface area contributed by atoms with E-state index in [2.05, 4.69) is 5.32 Å². The van der Waals surface area contributed by atoms with Gasteiger partial charge in [0.2, 0.25) is 5.75 Å². The van der Waals surface area contributed by atoms with E-state index in [9.17, 15) is 15.2 Å². The summed E-state index contributed by atoms with van der Waals surface area (Å²) in [6, 6.07) is 2.71. The number of anilines is 1. The number of nitrogens with one attached hydrogen (secondary N) is 1. The lowest BCUT2D eigenvalue weighted by Crippen LogP contribution is -1.95. The van der Waals surface area contributed by atoms with Gasteiger partial charge in [-0.3, -0.25) is 10.1 Å². The Morgan fingerprint density at radius 3 is 2.64 bits per heavy atom. The van der Waals surface area contributed by atoms with Gasteiger partial charge in [-0.1, -0.05) is 0 Å². The third-order valence-electron chi connectivity index (χ3n) is 1.76. The highest BCUT2D eigenvalue weighted by molar-refractivity contribution is 5.64. The first-order valence-electron chi connectivity index (χ1n) is 3.83. The molecule has 0 saturated carbocycles. The quantitative estimate of drug-likeness (QED) is 0.435. The molecule has 0 unspecified atom stereocenters. The molecule has 0 fully saturated rings. The number of ether oxygens (including phenoxy) is 1. The Morgan fingerprint density at radius 2 is 2.21 bits per heavy atom. The van der Waals surface area contributed by atoms with E-state index in [0.29, 0.717) is 5.69 Å². The van der Waals surface area contributed by atoms with Crippen molar-refractivity contribution in [3.63, 3.8) is 0 Å². The van der Waals surface area contributed by atoms with Gasteiger partial charge in [-0.15, -0.1) is 0 Å². The van der Waals surface area contributed by atoms with Gasteiger partial charge in [0.25, 0.3) is 0 Å². The highest BCUT2D eigenvalue weighted by Gasteiger charge is 2.19. The molecule has 0 aliphatic rings. The van der Waals surface area contributed by atoms with Crippen molar-refractivity contribution in [3.8, 4) is 11.5 Å². The molecule has 0 amide bonds. The number of aromatic hydroxyl groups is 1. The molecule has 0 aliphatic carbocycles. The van der Waals surface area contributed by atoms with Gasteiger partial charge in [0.1, 0.15) is 0 Å². The van der Waals surface area contributed by atoms with Crippen molar-refractivity contribution in [2.45, 2.75) is 0 Å². The lowest BCUT2D eigenvalue weighted by atomic mass is 10.2. The van der Waals surface area contributed by atoms with Crippen LogP contribution in [0.15, 0.2) is 12.1 Å². The molecule has 0 radical (unpaired) electrons. The van der Waals surface area contributed by atoms with Crippen LogP contribution >= 0.6 is 0 Å². The van der Waals surface area contributed by atoms with Crippen molar-refractivity contribution in [1.82, 2.24) is 0 Å². The lowest BCUT2D eigenvalue weighted by Gasteiger charge is -2.06. The highest BCUT2D eigenvalue weighted by atomic mass is 16.6. The molecular weight excluding hydrogens is 188 g/mol. The molecule has 14 heavy (non-hydrogen) atoms. The van der Waals surface area contributed by atoms with Crippen molar-refractivity contribution in [3.05, 3.63) is 22.2 Å². The van der Waals surface area contributed by atoms with Crippen LogP contribution in [0.5, 0.6) is 11.5 Å². The molecule has 2 N–H and O–H groups in total. The Balaban J connectivity index is 3.34. The minimum absolute atomic E-state index is 0.0727. The van der Waals surface area contributed by atoms with E-state index >= 15 is 0 Å². The molecule has 0 aliphatic heterocycles. The minimum atomic E-state index is -0.668. The van der Waals surface area contributed by atoms with Gasteiger partial charge in [-0.05, 0) is 0 Å². The number of nitro groups is 1. The van der Waals surface area contributed by atoms with Crippen molar-refractivity contribution >= 4 is 11.4 Å². The van der Waals surface area contributed by atoms with Crippen molar-refractivity contribution in [2.75, 3.05) is 19.5 Å². The van der Waals surface area contributed by atoms with E-state index in [-0.39, 0.29) is 11.4 Å². The molecule has 0 saturated heterocycles. The lowest BCUT2D eigenvalue weighted by molar-refractivity contribution is -0.385. The fourth-order valence-corrected chi connectivity index (χ4v) is 1.03. The standard InChI is InChI=1S/C8H10N2O4/c1-9-5-3-6(10(12)13)8(11)7(4-5)14-2/h3-4,9,11H,1-2H3. The first-order valence-corrected chi connectivity index (χ1v) is 3.83. The first-order chi connectivity index (χ1) is 6.60. The van der Waals surface area contributed by atoms with Crippen LogP contribution in [0.3, 0.4) is 0 Å². The van der Waals surface area contributed by atoms with Gasteiger partial charge < -0.3 is 15.2 Å². The Bertz CT molecular complexity index is 365. The van der Waals surface area contributed by atoms with Gasteiger partial charge in [0, 0.05) is 24.9 Å². The molecule has 0 heterocycles. The summed E-state index contributed by atoms with van der Waals surface area (Å²) in [4.78, 5) is 9.85. The zero-order valence-corrected chi connectivity index (χ0v) is 7.77. The molecular formula is C8H10N2O4. The summed E-state index contributed by atoms with van der Waals surface area (Å²) in [7, 11) is 2.95. The molecule has 1 rings (SSSR count). The molecule has 1 aromatic carbocycles. The second kappa shape index (κ2) is 3.82. The summed E-state index contributed by atoms with van der Waals surface area (Å²) in [5, 5.41) is 22.6. The van der Waals surface area contributed by atoms with Crippen LogP contribution in [-0.2, 0) is 0 Å². The number of nitro benzene ring substituents is 1. The maximum Gasteiger partial charge on any atom is 0.316 e. The molecule has 0 aromatic heterocycles. The number of methoxy groups -OCH3 is 1. The summed E-state index contributed by atoms with van der Waals surface area (Å²) < 4.78 is 4.78.